The summed E-state index contributed by atoms with van der Waals surface area (Å²) in [5.41, 5.74) is 0. The monoisotopic (exact) mass is 174 g/mol. The van der Waals surface area contributed by atoms with Gasteiger partial charge in [0.15, 0.2) is 0 Å². The molecule has 0 aliphatic heterocycles. The van der Waals surface area contributed by atoms with E-state index in [1.54, 1.807) is 0 Å². The normalized spacial score (nSPS) is 16.7. The van der Waals surface area contributed by atoms with E-state index in [4.69, 9.17) is 5.11 Å². The molecular weight excluding hydrogens is 164 g/mol. The van der Waals surface area contributed by atoms with E-state index in [0.29, 0.717) is 0 Å². The molecule has 5 heteroatoms. The maximum absolute atomic E-state index is 10.6. The Bertz CT molecular complexity index is 184. The van der Waals surface area contributed by atoms with Gasteiger partial charge in [-0.3, -0.25) is 9.68 Å². The van der Waals surface area contributed by atoms with Gasteiger partial charge in [0.05, 0.1) is 0 Å². The predicted octanol–water partition coefficient (Wildman–Crippen LogP) is 0.488. The van der Waals surface area contributed by atoms with Crippen LogP contribution in [0.1, 0.15) is 25.7 Å². The average molecular weight is 174 g/mol. The van der Waals surface area contributed by atoms with Crippen LogP contribution in [0.15, 0.2) is 0 Å². The van der Waals surface area contributed by atoms with E-state index < -0.39 is 18.4 Å². The first-order valence-corrected chi connectivity index (χ1v) is 3.76. The lowest BCUT2D eigenvalue weighted by atomic mass is 9.97. The molecule has 12 heavy (non-hydrogen) atoms. The lowest BCUT2D eigenvalue weighted by Gasteiger charge is -2.22. The highest BCUT2D eigenvalue weighted by Gasteiger charge is 2.21. The van der Waals surface area contributed by atoms with E-state index in [1.807, 2.05) is 0 Å². The summed E-state index contributed by atoms with van der Waals surface area (Å²) in [5, 5.41) is 8.16. The molecule has 0 aromatic rings. The molecule has 0 radical (unpaired) electrons. The Hall–Kier alpha value is -1.10. The van der Waals surface area contributed by atoms with Gasteiger partial charge >= 0.3 is 11.9 Å². The van der Waals surface area contributed by atoms with Crippen LogP contribution in [0.4, 0.5) is 0 Å². The summed E-state index contributed by atoms with van der Waals surface area (Å²) in [6.07, 6.45) is 2.15. The fourth-order valence-corrected chi connectivity index (χ4v) is 0.742. The molecule has 1 saturated carbocycles. The van der Waals surface area contributed by atoms with Crippen molar-refractivity contribution in [2.24, 2.45) is 0 Å². The van der Waals surface area contributed by atoms with Gasteiger partial charge in [0.1, 0.15) is 12.5 Å². The first kappa shape index (κ1) is 8.99. The number of aliphatic carboxylic acids is 1. The number of carboxylic acids is 1. The molecule has 0 unspecified atom stereocenters. The van der Waals surface area contributed by atoms with Crippen molar-refractivity contribution in [2.75, 3.05) is 0 Å². The summed E-state index contributed by atoms with van der Waals surface area (Å²) in [5.74, 6) is -2.06. The molecule has 0 heterocycles. The van der Waals surface area contributed by atoms with Crippen LogP contribution in [0.3, 0.4) is 0 Å². The summed E-state index contributed by atoms with van der Waals surface area (Å²) >= 11 is 0. The van der Waals surface area contributed by atoms with Crippen molar-refractivity contribution in [1.29, 1.82) is 0 Å². The van der Waals surface area contributed by atoms with Crippen molar-refractivity contribution >= 4 is 11.9 Å². The number of carbonyl (C=O) groups is 2. The SMILES string of the molecule is O=C(O)CC(=O)OOC1CCC1. The van der Waals surface area contributed by atoms with Gasteiger partial charge in [-0.25, -0.2) is 4.79 Å². The number of hydrogen-bond acceptors (Lipinski definition) is 4. The van der Waals surface area contributed by atoms with E-state index in [2.05, 4.69) is 9.78 Å². The summed E-state index contributed by atoms with van der Waals surface area (Å²) in [7, 11) is 0. The van der Waals surface area contributed by atoms with Crippen molar-refractivity contribution in [3.8, 4) is 0 Å². The fraction of sp³-hybridized carbons (Fsp3) is 0.714. The second-order valence-electron chi connectivity index (χ2n) is 2.67. The Kier molecular flexibility index (Phi) is 3.04. The predicted molar refractivity (Wildman–Crippen MR) is 37.1 cm³/mol. The Morgan fingerprint density at radius 2 is 2.08 bits per heavy atom. The van der Waals surface area contributed by atoms with Crippen LogP contribution in [0.25, 0.3) is 0 Å². The smallest absolute Gasteiger partial charge is 0.353 e. The zero-order valence-electron chi connectivity index (χ0n) is 6.49. The molecule has 0 aromatic heterocycles. The zero-order chi connectivity index (χ0) is 8.97. The minimum absolute atomic E-state index is 0.0252. The molecule has 1 fully saturated rings. The largest absolute Gasteiger partial charge is 0.481 e. The Balaban J connectivity index is 2.05. The highest BCUT2D eigenvalue weighted by atomic mass is 17.2. The van der Waals surface area contributed by atoms with Gasteiger partial charge in [0, 0.05) is 0 Å². The standard InChI is InChI=1S/C7H10O5/c8-6(9)4-7(10)12-11-5-2-1-3-5/h5H,1-4H2,(H,8,9). The van der Waals surface area contributed by atoms with E-state index in [-0.39, 0.29) is 6.10 Å². The molecule has 1 N–H and O–H groups in total. The van der Waals surface area contributed by atoms with E-state index in [1.165, 1.54) is 0 Å². The van der Waals surface area contributed by atoms with Crippen molar-refractivity contribution < 1.29 is 24.5 Å². The second kappa shape index (κ2) is 4.06. The average Bonchev–Trinajstić information content (AvgIpc) is 1.81. The highest BCUT2D eigenvalue weighted by Crippen LogP contribution is 2.21. The van der Waals surface area contributed by atoms with Crippen LogP contribution < -0.4 is 0 Å². The van der Waals surface area contributed by atoms with Crippen LogP contribution in [0, 0.1) is 0 Å². The Labute approximate surface area is 69.2 Å². The van der Waals surface area contributed by atoms with Crippen LogP contribution in [-0.2, 0) is 19.4 Å². The fourth-order valence-electron chi connectivity index (χ4n) is 0.742. The van der Waals surface area contributed by atoms with Gasteiger partial charge in [0.2, 0.25) is 0 Å². The van der Waals surface area contributed by atoms with Gasteiger partial charge in [-0.1, -0.05) is 0 Å². The summed E-state index contributed by atoms with van der Waals surface area (Å²) in [6.45, 7) is 0. The molecule has 0 spiro atoms. The molecule has 68 valence electrons. The second-order valence-corrected chi connectivity index (χ2v) is 2.67. The molecular formula is C7H10O5. The van der Waals surface area contributed by atoms with Gasteiger partial charge in [-0.2, -0.15) is 4.89 Å². The summed E-state index contributed by atoms with van der Waals surface area (Å²) in [4.78, 5) is 29.4. The molecule has 0 aromatic carbocycles. The number of hydrogen-bond donors (Lipinski definition) is 1. The first-order valence-electron chi connectivity index (χ1n) is 3.76. The van der Waals surface area contributed by atoms with Crippen LogP contribution in [0.5, 0.6) is 0 Å². The molecule has 1 aliphatic rings. The minimum Gasteiger partial charge on any atom is -0.481 e. The molecule has 0 atom stereocenters. The van der Waals surface area contributed by atoms with Crippen molar-refractivity contribution in [1.82, 2.24) is 0 Å². The maximum atomic E-state index is 10.6. The molecule has 1 aliphatic carbocycles. The third-order valence-electron chi connectivity index (χ3n) is 1.62. The van der Waals surface area contributed by atoms with E-state index >= 15 is 0 Å². The van der Waals surface area contributed by atoms with Gasteiger partial charge in [-0.15, -0.1) is 0 Å². The van der Waals surface area contributed by atoms with E-state index in [0.717, 1.165) is 19.3 Å². The maximum Gasteiger partial charge on any atom is 0.353 e. The number of carboxylic acid groups (broad SMARTS) is 1. The third-order valence-corrected chi connectivity index (χ3v) is 1.62. The van der Waals surface area contributed by atoms with Crippen LogP contribution in [-0.4, -0.2) is 23.1 Å². The van der Waals surface area contributed by atoms with Crippen LogP contribution >= 0.6 is 0 Å². The number of rotatable bonds is 4. The molecule has 1 rings (SSSR count). The molecule has 0 bridgehead atoms. The van der Waals surface area contributed by atoms with Gasteiger partial charge in [-0.05, 0) is 19.3 Å². The Morgan fingerprint density at radius 1 is 1.42 bits per heavy atom. The Morgan fingerprint density at radius 3 is 2.50 bits per heavy atom. The van der Waals surface area contributed by atoms with Gasteiger partial charge in [0.25, 0.3) is 0 Å². The quantitative estimate of drug-likeness (QED) is 0.381. The van der Waals surface area contributed by atoms with E-state index in [9.17, 15) is 9.59 Å². The zero-order valence-corrected chi connectivity index (χ0v) is 6.49. The van der Waals surface area contributed by atoms with Crippen LogP contribution in [0.2, 0.25) is 0 Å². The first-order chi connectivity index (χ1) is 5.68. The molecule has 0 saturated heterocycles. The number of carbonyl (C=O) groups excluding carboxylic acids is 1. The minimum atomic E-state index is -1.21. The highest BCUT2D eigenvalue weighted by molar-refractivity contribution is 5.89. The molecule has 0 amide bonds. The van der Waals surface area contributed by atoms with Crippen molar-refractivity contribution in [3.63, 3.8) is 0 Å². The molecule has 5 nitrogen and oxygen atoms in total. The topological polar surface area (TPSA) is 72.8 Å². The van der Waals surface area contributed by atoms with Crippen molar-refractivity contribution in [2.45, 2.75) is 31.8 Å². The summed E-state index contributed by atoms with van der Waals surface area (Å²) in [6, 6.07) is 0. The summed E-state index contributed by atoms with van der Waals surface area (Å²) < 4.78 is 0. The van der Waals surface area contributed by atoms with Gasteiger partial charge < -0.3 is 5.11 Å². The lowest BCUT2D eigenvalue weighted by Crippen LogP contribution is -2.24. The van der Waals surface area contributed by atoms with Crippen molar-refractivity contribution in [3.05, 3.63) is 0 Å². The third kappa shape index (κ3) is 2.87. The lowest BCUT2D eigenvalue weighted by molar-refractivity contribution is -0.309.